The third kappa shape index (κ3) is 3.30. The highest BCUT2D eigenvalue weighted by Gasteiger charge is 2.40. The molecule has 0 radical (unpaired) electrons. The van der Waals surface area contributed by atoms with Crippen LogP contribution in [-0.4, -0.2) is 47.3 Å². The Morgan fingerprint density at radius 3 is 2.69 bits per heavy atom. The van der Waals surface area contributed by atoms with E-state index in [1.807, 2.05) is 33.7 Å². The van der Waals surface area contributed by atoms with Crippen molar-refractivity contribution in [2.24, 2.45) is 0 Å². The van der Waals surface area contributed by atoms with Crippen molar-refractivity contribution < 1.29 is 19.1 Å². The van der Waals surface area contributed by atoms with Crippen LogP contribution >= 0.6 is 0 Å². The number of para-hydroxylation sites is 1. The minimum absolute atomic E-state index is 0.332. The number of piperazine rings is 1. The van der Waals surface area contributed by atoms with Crippen LogP contribution in [0.5, 0.6) is 0 Å². The van der Waals surface area contributed by atoms with Crippen LogP contribution in [0.15, 0.2) is 48.5 Å². The maximum atomic E-state index is 13.5. The summed E-state index contributed by atoms with van der Waals surface area (Å²) in [6, 6.07) is 12.5. The Bertz CT molecular complexity index is 1230. The lowest BCUT2D eigenvalue weighted by molar-refractivity contribution is -0.141. The van der Waals surface area contributed by atoms with Crippen LogP contribution in [0.2, 0.25) is 0 Å². The van der Waals surface area contributed by atoms with E-state index in [9.17, 15) is 19.1 Å². The number of carboxylic acid groups (broad SMARTS) is 1. The predicted molar refractivity (Wildman–Crippen MR) is 121 cm³/mol. The average molecular weight is 433 g/mol. The quantitative estimate of drug-likeness (QED) is 0.617. The lowest BCUT2D eigenvalue weighted by Crippen LogP contribution is -2.56. The summed E-state index contributed by atoms with van der Waals surface area (Å²) in [7, 11) is 0. The Labute approximate surface area is 184 Å². The first-order chi connectivity index (χ1) is 15.6. The summed E-state index contributed by atoms with van der Waals surface area (Å²) in [4.78, 5) is 26.7. The second kappa shape index (κ2) is 8.26. The molecule has 0 spiro atoms. The van der Waals surface area contributed by atoms with E-state index in [4.69, 9.17) is 0 Å². The molecule has 2 heterocycles. The number of nitrogens with one attached hydrogen (secondary N) is 1. The number of allylic oxidation sites excluding steroid dienone is 1. The normalized spacial score (nSPS) is 19.5. The number of fused-ring (bicyclic) bond motifs is 3. The van der Waals surface area contributed by atoms with Gasteiger partial charge in [-0.05, 0) is 55.2 Å². The molecule has 164 valence electrons. The number of carboxylic acids is 1. The highest BCUT2D eigenvalue weighted by Crippen LogP contribution is 2.40. The van der Waals surface area contributed by atoms with E-state index in [-0.39, 0.29) is 5.82 Å². The van der Waals surface area contributed by atoms with Gasteiger partial charge < -0.3 is 19.9 Å². The van der Waals surface area contributed by atoms with E-state index in [2.05, 4.69) is 11.3 Å². The molecule has 0 amide bonds. The van der Waals surface area contributed by atoms with E-state index in [0.717, 1.165) is 35.0 Å². The summed E-state index contributed by atoms with van der Waals surface area (Å²) >= 11 is 0. The fourth-order valence-electron chi connectivity index (χ4n) is 5.27. The molecule has 2 unspecified atom stereocenters. The highest BCUT2D eigenvalue weighted by molar-refractivity contribution is 5.98. The molecule has 5 rings (SSSR count). The molecule has 3 aromatic rings. The molecule has 1 aromatic heterocycles. The van der Waals surface area contributed by atoms with Crippen LogP contribution < -0.4 is 10.2 Å². The van der Waals surface area contributed by atoms with E-state index in [1.54, 1.807) is 12.1 Å². The van der Waals surface area contributed by atoms with Gasteiger partial charge in [-0.15, -0.1) is 0 Å². The van der Waals surface area contributed by atoms with Gasteiger partial charge in [0.05, 0.1) is 17.3 Å². The van der Waals surface area contributed by atoms with Crippen molar-refractivity contribution in [2.45, 2.75) is 31.3 Å². The van der Waals surface area contributed by atoms with Crippen molar-refractivity contribution in [1.29, 1.82) is 0 Å². The van der Waals surface area contributed by atoms with E-state index < -0.39 is 18.1 Å². The number of rotatable bonds is 4. The van der Waals surface area contributed by atoms with Crippen molar-refractivity contribution >= 4 is 34.1 Å². The third-order valence-corrected chi connectivity index (χ3v) is 6.62. The number of aryl methyl sites for hydroxylation is 1. The van der Waals surface area contributed by atoms with Gasteiger partial charge in [0.15, 0.2) is 6.04 Å². The Balaban J connectivity index is 1.72. The molecule has 32 heavy (non-hydrogen) atoms. The second-order valence-corrected chi connectivity index (χ2v) is 8.37. The summed E-state index contributed by atoms with van der Waals surface area (Å²) in [6.07, 6.45) is 2.23. The molecule has 1 fully saturated rings. The number of hydrogen-bond donors (Lipinski definition) is 2. The van der Waals surface area contributed by atoms with Crippen LogP contribution in [0.3, 0.4) is 0 Å². The molecule has 0 saturated carbocycles. The van der Waals surface area contributed by atoms with Crippen LogP contribution in [0, 0.1) is 5.82 Å². The van der Waals surface area contributed by atoms with E-state index in [1.165, 1.54) is 12.1 Å². The van der Waals surface area contributed by atoms with E-state index >= 15 is 0 Å². The molecular weight excluding hydrogens is 409 g/mol. The van der Waals surface area contributed by atoms with Crippen LogP contribution in [0.1, 0.15) is 30.1 Å². The number of aromatic nitrogens is 1. The Morgan fingerprint density at radius 2 is 1.94 bits per heavy atom. The molecule has 7 heteroatoms. The number of halogens is 1. The van der Waals surface area contributed by atoms with E-state index in [0.29, 0.717) is 37.3 Å². The molecule has 0 bridgehead atoms. The maximum Gasteiger partial charge on any atom is 0.328 e. The molecule has 1 saturated heterocycles. The zero-order chi connectivity index (χ0) is 22.2. The molecule has 2 aromatic carbocycles. The van der Waals surface area contributed by atoms with Crippen LogP contribution in [-0.2, 0) is 16.0 Å². The Morgan fingerprint density at radius 1 is 1.16 bits per heavy atom. The lowest BCUT2D eigenvalue weighted by atomic mass is 9.91. The summed E-state index contributed by atoms with van der Waals surface area (Å²) in [5.74, 6) is 0.790. The first-order valence-electron chi connectivity index (χ1n) is 10.9. The number of benzene rings is 2. The first-order valence-corrected chi connectivity index (χ1v) is 10.9. The average Bonchev–Trinajstić information content (AvgIpc) is 3.15. The molecule has 2 aliphatic rings. The van der Waals surface area contributed by atoms with Gasteiger partial charge >= 0.3 is 5.97 Å². The minimum atomic E-state index is -0.967. The zero-order valence-corrected chi connectivity index (χ0v) is 17.6. The number of nitrogens with zero attached hydrogens (tertiary/aromatic N) is 2. The monoisotopic (exact) mass is 433 g/mol. The van der Waals surface area contributed by atoms with Gasteiger partial charge in [0, 0.05) is 36.2 Å². The number of carbonyl (C=O) groups is 1. The minimum Gasteiger partial charge on any atom is -0.480 e. The number of aliphatic carboxylic acids is 1. The summed E-state index contributed by atoms with van der Waals surface area (Å²) < 4.78 is 15.4. The highest BCUT2D eigenvalue weighted by atomic mass is 19.1. The van der Waals surface area contributed by atoms with Gasteiger partial charge in [-0.25, -0.2) is 14.0 Å². The Kier molecular flexibility index (Phi) is 5.29. The van der Waals surface area contributed by atoms with Crippen molar-refractivity contribution in [2.75, 3.05) is 24.5 Å². The molecule has 2 atom stereocenters. The largest absolute Gasteiger partial charge is 0.480 e. The topological polar surface area (TPSA) is 74.6 Å². The van der Waals surface area contributed by atoms with Gasteiger partial charge in [0.25, 0.3) is 0 Å². The molecule has 2 N–H and O–H groups in total. The third-order valence-electron chi connectivity index (χ3n) is 6.62. The maximum absolute atomic E-state index is 13.5. The SMILES string of the molecule is O=C=C1CCCc2c1n(C(C(=O)O)C1CNCCN1c1ccc(F)cc1)c1ccccc21. The fourth-order valence-corrected chi connectivity index (χ4v) is 5.27. The number of carbonyl (C=O) groups excluding carboxylic acids is 1. The predicted octanol–water partition coefficient (Wildman–Crippen LogP) is 3.44. The van der Waals surface area contributed by atoms with Gasteiger partial charge in [-0.1, -0.05) is 18.2 Å². The Hall–Kier alpha value is -3.41. The molecule has 1 aliphatic heterocycles. The summed E-state index contributed by atoms with van der Waals surface area (Å²) in [6.45, 7) is 1.75. The molecule has 6 nitrogen and oxygen atoms in total. The zero-order valence-electron chi connectivity index (χ0n) is 17.6. The number of anilines is 1. The first kappa shape index (κ1) is 20.5. The van der Waals surface area contributed by atoms with Gasteiger partial charge in [-0.2, -0.15) is 0 Å². The van der Waals surface area contributed by atoms with Crippen LogP contribution in [0.25, 0.3) is 16.5 Å². The molecular formula is C25H24FN3O3. The van der Waals surface area contributed by atoms with Gasteiger partial charge in [0.2, 0.25) is 0 Å². The summed E-state index contributed by atoms with van der Waals surface area (Å²) in [5.41, 5.74) is 3.84. The lowest BCUT2D eigenvalue weighted by Gasteiger charge is -2.42. The fraction of sp³-hybridized carbons (Fsp3) is 0.320. The second-order valence-electron chi connectivity index (χ2n) is 8.37. The van der Waals surface area contributed by atoms with Crippen molar-refractivity contribution in [1.82, 2.24) is 9.88 Å². The molecule has 1 aliphatic carbocycles. The summed E-state index contributed by atoms with van der Waals surface area (Å²) in [5, 5.41) is 14.8. The number of hydrogen-bond acceptors (Lipinski definition) is 4. The smallest absolute Gasteiger partial charge is 0.328 e. The van der Waals surface area contributed by atoms with Gasteiger partial charge in [0.1, 0.15) is 11.8 Å². The standard InChI is InChI=1S/C25H24FN3O3/c26-17-8-10-18(11-9-17)28-13-12-27-14-22(28)24(25(31)32)29-21-7-2-1-5-19(21)20-6-3-4-16(15-30)23(20)29/h1-2,5,7-11,22,24,27H,3-4,6,12-14H2,(H,31,32). The van der Waals surface area contributed by atoms with Crippen LogP contribution in [0.4, 0.5) is 10.1 Å². The van der Waals surface area contributed by atoms with Crippen molar-refractivity contribution in [3.8, 4) is 0 Å². The van der Waals surface area contributed by atoms with Gasteiger partial charge in [-0.3, -0.25) is 0 Å². The van der Waals surface area contributed by atoms with Crippen molar-refractivity contribution in [3.63, 3.8) is 0 Å². The van der Waals surface area contributed by atoms with Crippen molar-refractivity contribution in [3.05, 3.63) is 65.6 Å².